The average molecular weight is 347 g/mol. The Morgan fingerprint density at radius 3 is 2.46 bits per heavy atom. The molecule has 0 spiro atoms. The molecule has 1 amide bonds. The van der Waals surface area contributed by atoms with E-state index in [1.54, 1.807) is 42.5 Å². The van der Waals surface area contributed by atoms with E-state index in [2.05, 4.69) is 20.3 Å². The standard InChI is InChI=1S/C19H17N5O2/c1-12(25)21-14-9-6-13(7-10-14)8-11-17-22-18(24-19(20)23-17)15-4-2-3-5-16(15)26/h2-11,26H,1H3,(H,21,25)(H2,20,22,23,24)/b11-8+. The van der Waals surface area contributed by atoms with Gasteiger partial charge in [-0.1, -0.05) is 30.3 Å². The number of benzene rings is 2. The first-order valence-electron chi connectivity index (χ1n) is 7.87. The zero-order valence-electron chi connectivity index (χ0n) is 14.0. The number of phenols is 1. The van der Waals surface area contributed by atoms with Crippen LogP contribution in [0.25, 0.3) is 23.5 Å². The second-order valence-electron chi connectivity index (χ2n) is 5.53. The van der Waals surface area contributed by atoms with Crippen molar-refractivity contribution in [2.24, 2.45) is 0 Å². The molecule has 0 unspecified atom stereocenters. The highest BCUT2D eigenvalue weighted by Crippen LogP contribution is 2.26. The van der Waals surface area contributed by atoms with Crippen molar-refractivity contribution in [3.05, 3.63) is 59.9 Å². The van der Waals surface area contributed by atoms with E-state index in [0.717, 1.165) is 11.3 Å². The van der Waals surface area contributed by atoms with E-state index in [4.69, 9.17) is 5.73 Å². The minimum Gasteiger partial charge on any atom is -0.507 e. The SMILES string of the molecule is CC(=O)Nc1ccc(/C=C/c2nc(N)nc(-c3ccccc3O)n2)cc1. The maximum atomic E-state index is 11.0. The van der Waals surface area contributed by atoms with Gasteiger partial charge in [0.15, 0.2) is 11.6 Å². The van der Waals surface area contributed by atoms with E-state index in [1.165, 1.54) is 6.92 Å². The molecular formula is C19H17N5O2. The van der Waals surface area contributed by atoms with Crippen LogP contribution in [0.5, 0.6) is 5.75 Å². The van der Waals surface area contributed by atoms with Crippen molar-refractivity contribution >= 4 is 29.7 Å². The molecule has 0 aliphatic rings. The lowest BCUT2D eigenvalue weighted by atomic mass is 10.2. The van der Waals surface area contributed by atoms with Crippen molar-refractivity contribution in [2.75, 3.05) is 11.1 Å². The number of carbonyl (C=O) groups excluding carboxylic acids is 1. The monoisotopic (exact) mass is 347 g/mol. The Kier molecular flexibility index (Phi) is 4.89. The number of aromatic nitrogens is 3. The van der Waals surface area contributed by atoms with Crippen molar-refractivity contribution in [3.63, 3.8) is 0 Å². The number of phenolic OH excluding ortho intramolecular Hbond substituents is 1. The normalized spacial score (nSPS) is 10.8. The fourth-order valence-corrected chi connectivity index (χ4v) is 2.32. The number of para-hydroxylation sites is 1. The summed E-state index contributed by atoms with van der Waals surface area (Å²) in [5, 5.41) is 12.7. The molecule has 0 bridgehead atoms. The van der Waals surface area contributed by atoms with Crippen molar-refractivity contribution in [3.8, 4) is 17.1 Å². The van der Waals surface area contributed by atoms with Gasteiger partial charge in [-0.3, -0.25) is 4.79 Å². The minimum atomic E-state index is -0.120. The first-order valence-corrected chi connectivity index (χ1v) is 7.87. The third-order valence-electron chi connectivity index (χ3n) is 3.47. The Hall–Kier alpha value is -3.74. The van der Waals surface area contributed by atoms with Gasteiger partial charge in [-0.15, -0.1) is 0 Å². The molecule has 0 radical (unpaired) electrons. The van der Waals surface area contributed by atoms with Gasteiger partial charge in [0, 0.05) is 12.6 Å². The van der Waals surface area contributed by atoms with E-state index in [-0.39, 0.29) is 17.6 Å². The molecule has 0 saturated heterocycles. The molecule has 26 heavy (non-hydrogen) atoms. The minimum absolute atomic E-state index is 0.0684. The maximum absolute atomic E-state index is 11.0. The van der Waals surface area contributed by atoms with Gasteiger partial charge in [0.1, 0.15) is 5.75 Å². The Labute approximate surface area is 150 Å². The third kappa shape index (κ3) is 4.21. The molecule has 0 aliphatic heterocycles. The fourth-order valence-electron chi connectivity index (χ4n) is 2.32. The Morgan fingerprint density at radius 1 is 1.04 bits per heavy atom. The first kappa shape index (κ1) is 17.1. The topological polar surface area (TPSA) is 114 Å². The molecule has 4 N–H and O–H groups in total. The van der Waals surface area contributed by atoms with Crippen LogP contribution < -0.4 is 11.1 Å². The number of nitrogen functional groups attached to an aromatic ring is 1. The van der Waals surface area contributed by atoms with Crippen molar-refractivity contribution in [1.29, 1.82) is 0 Å². The summed E-state index contributed by atoms with van der Waals surface area (Å²) in [7, 11) is 0. The number of hydrogen-bond donors (Lipinski definition) is 3. The van der Waals surface area contributed by atoms with Gasteiger partial charge in [-0.25, -0.2) is 4.98 Å². The molecular weight excluding hydrogens is 330 g/mol. The summed E-state index contributed by atoms with van der Waals surface area (Å²) < 4.78 is 0. The van der Waals surface area contributed by atoms with E-state index >= 15 is 0 Å². The van der Waals surface area contributed by atoms with E-state index < -0.39 is 0 Å². The van der Waals surface area contributed by atoms with E-state index in [0.29, 0.717) is 17.2 Å². The van der Waals surface area contributed by atoms with Crippen LogP contribution in [0, 0.1) is 0 Å². The van der Waals surface area contributed by atoms with E-state index in [1.807, 2.05) is 18.2 Å². The molecule has 2 aromatic carbocycles. The first-order chi connectivity index (χ1) is 12.5. The molecule has 0 saturated carbocycles. The van der Waals surface area contributed by atoms with Gasteiger partial charge in [0.2, 0.25) is 11.9 Å². The number of nitrogens with zero attached hydrogens (tertiary/aromatic N) is 3. The second kappa shape index (κ2) is 7.43. The van der Waals surface area contributed by atoms with Crippen molar-refractivity contribution in [1.82, 2.24) is 15.0 Å². The van der Waals surface area contributed by atoms with Crippen LogP contribution in [0.3, 0.4) is 0 Å². The van der Waals surface area contributed by atoms with Gasteiger partial charge >= 0.3 is 0 Å². The Bertz CT molecular complexity index is 968. The molecule has 7 nitrogen and oxygen atoms in total. The highest BCUT2D eigenvalue weighted by Gasteiger charge is 2.09. The van der Waals surface area contributed by atoms with Gasteiger partial charge in [0.25, 0.3) is 0 Å². The predicted octanol–water partition coefficient (Wildman–Crippen LogP) is 2.96. The molecule has 0 aliphatic carbocycles. The smallest absolute Gasteiger partial charge is 0.224 e. The second-order valence-corrected chi connectivity index (χ2v) is 5.53. The number of carbonyl (C=O) groups is 1. The molecule has 7 heteroatoms. The van der Waals surface area contributed by atoms with Gasteiger partial charge < -0.3 is 16.2 Å². The van der Waals surface area contributed by atoms with Gasteiger partial charge in [-0.05, 0) is 35.9 Å². The number of aromatic hydroxyl groups is 1. The number of nitrogens with one attached hydrogen (secondary N) is 1. The van der Waals surface area contributed by atoms with Crippen molar-refractivity contribution in [2.45, 2.75) is 6.92 Å². The number of amides is 1. The number of anilines is 2. The molecule has 1 heterocycles. The largest absolute Gasteiger partial charge is 0.507 e. The Morgan fingerprint density at radius 2 is 1.77 bits per heavy atom. The molecule has 1 aromatic heterocycles. The predicted molar refractivity (Wildman–Crippen MR) is 101 cm³/mol. The number of hydrogen-bond acceptors (Lipinski definition) is 6. The molecule has 3 aromatic rings. The summed E-state index contributed by atoms with van der Waals surface area (Å²) in [6.07, 6.45) is 3.52. The lowest BCUT2D eigenvalue weighted by molar-refractivity contribution is -0.114. The summed E-state index contributed by atoms with van der Waals surface area (Å²) in [5.41, 5.74) is 7.87. The summed E-state index contributed by atoms with van der Waals surface area (Å²) >= 11 is 0. The summed E-state index contributed by atoms with van der Waals surface area (Å²) in [5.74, 6) is 0.698. The third-order valence-corrected chi connectivity index (χ3v) is 3.47. The number of nitrogens with two attached hydrogens (primary N) is 1. The zero-order chi connectivity index (χ0) is 18.5. The lowest BCUT2D eigenvalue weighted by Crippen LogP contribution is -2.05. The molecule has 130 valence electrons. The maximum Gasteiger partial charge on any atom is 0.224 e. The zero-order valence-corrected chi connectivity index (χ0v) is 14.0. The van der Waals surface area contributed by atoms with Crippen LogP contribution in [0.15, 0.2) is 48.5 Å². The molecule has 0 fully saturated rings. The van der Waals surface area contributed by atoms with Crippen LogP contribution in [-0.2, 0) is 4.79 Å². The fraction of sp³-hybridized carbons (Fsp3) is 0.0526. The highest BCUT2D eigenvalue weighted by molar-refractivity contribution is 5.88. The highest BCUT2D eigenvalue weighted by atomic mass is 16.3. The van der Waals surface area contributed by atoms with Crippen LogP contribution in [0.1, 0.15) is 18.3 Å². The summed E-state index contributed by atoms with van der Waals surface area (Å²) in [6.45, 7) is 1.46. The average Bonchev–Trinajstić information content (AvgIpc) is 2.60. The van der Waals surface area contributed by atoms with Crippen LogP contribution in [0.2, 0.25) is 0 Å². The van der Waals surface area contributed by atoms with Crippen LogP contribution >= 0.6 is 0 Å². The van der Waals surface area contributed by atoms with Gasteiger partial charge in [-0.2, -0.15) is 9.97 Å². The number of rotatable bonds is 4. The lowest BCUT2D eigenvalue weighted by Gasteiger charge is -2.04. The molecule has 0 atom stereocenters. The van der Waals surface area contributed by atoms with Crippen LogP contribution in [-0.4, -0.2) is 26.0 Å². The quantitative estimate of drug-likeness (QED) is 0.668. The van der Waals surface area contributed by atoms with Crippen LogP contribution in [0.4, 0.5) is 11.6 Å². The Balaban J connectivity index is 1.85. The van der Waals surface area contributed by atoms with E-state index in [9.17, 15) is 9.90 Å². The van der Waals surface area contributed by atoms with Crippen molar-refractivity contribution < 1.29 is 9.90 Å². The molecule has 3 rings (SSSR count). The summed E-state index contributed by atoms with van der Waals surface area (Å²) in [6, 6.07) is 14.1. The van der Waals surface area contributed by atoms with Gasteiger partial charge in [0.05, 0.1) is 5.56 Å². The summed E-state index contributed by atoms with van der Waals surface area (Å²) in [4.78, 5) is 23.5.